The molecular weight excluding hydrogens is 297 g/mol. The van der Waals surface area contributed by atoms with Gasteiger partial charge in [0.05, 0.1) is 12.8 Å². The monoisotopic (exact) mass is 311 g/mol. The van der Waals surface area contributed by atoms with E-state index in [-0.39, 0.29) is 11.7 Å². The molecule has 0 saturated carbocycles. The van der Waals surface area contributed by atoms with Gasteiger partial charge in [-0.1, -0.05) is 6.07 Å². The first-order valence-electron chi connectivity index (χ1n) is 6.92. The van der Waals surface area contributed by atoms with E-state index in [4.69, 9.17) is 4.74 Å². The molecule has 3 aromatic rings. The van der Waals surface area contributed by atoms with E-state index < -0.39 is 0 Å². The number of halogens is 1. The Morgan fingerprint density at radius 2 is 1.96 bits per heavy atom. The van der Waals surface area contributed by atoms with E-state index in [1.54, 1.807) is 49.6 Å². The summed E-state index contributed by atoms with van der Waals surface area (Å²) < 4.78 is 18.0. The number of methoxy groups -OCH3 is 1. The molecule has 0 radical (unpaired) electrons. The van der Waals surface area contributed by atoms with Gasteiger partial charge in [-0.3, -0.25) is 9.89 Å². The summed E-state index contributed by atoms with van der Waals surface area (Å²) >= 11 is 0. The van der Waals surface area contributed by atoms with Crippen LogP contribution < -0.4 is 10.1 Å². The number of amides is 1. The van der Waals surface area contributed by atoms with Crippen LogP contribution in [0.1, 0.15) is 10.5 Å². The molecule has 0 saturated heterocycles. The Balaban J connectivity index is 1.76. The van der Waals surface area contributed by atoms with Crippen molar-refractivity contribution in [2.75, 3.05) is 12.4 Å². The van der Waals surface area contributed by atoms with Crippen molar-refractivity contribution in [3.8, 4) is 17.0 Å². The van der Waals surface area contributed by atoms with Crippen molar-refractivity contribution in [3.05, 3.63) is 66.1 Å². The summed E-state index contributed by atoms with van der Waals surface area (Å²) in [6, 6.07) is 14.6. The molecule has 0 aliphatic heterocycles. The molecular formula is C17H14FN3O2. The predicted molar refractivity (Wildman–Crippen MR) is 84.9 cm³/mol. The molecule has 0 aliphatic rings. The third-order valence-corrected chi connectivity index (χ3v) is 3.29. The summed E-state index contributed by atoms with van der Waals surface area (Å²) in [6.45, 7) is 0. The van der Waals surface area contributed by atoms with Crippen LogP contribution >= 0.6 is 0 Å². The number of hydrogen-bond acceptors (Lipinski definition) is 3. The Morgan fingerprint density at radius 1 is 1.17 bits per heavy atom. The Kier molecular flexibility index (Phi) is 4.05. The maximum atomic E-state index is 12.9. The van der Waals surface area contributed by atoms with Crippen molar-refractivity contribution in [3.63, 3.8) is 0 Å². The Hall–Kier alpha value is -3.15. The largest absolute Gasteiger partial charge is 0.497 e. The smallest absolute Gasteiger partial charge is 0.273 e. The van der Waals surface area contributed by atoms with Crippen LogP contribution in [0.25, 0.3) is 11.3 Å². The fraction of sp³-hybridized carbons (Fsp3) is 0.0588. The molecule has 1 amide bonds. The van der Waals surface area contributed by atoms with E-state index in [0.29, 0.717) is 22.8 Å². The van der Waals surface area contributed by atoms with Crippen LogP contribution in [0.4, 0.5) is 10.1 Å². The van der Waals surface area contributed by atoms with Gasteiger partial charge < -0.3 is 10.1 Å². The number of nitrogens with one attached hydrogen (secondary N) is 2. The zero-order valence-electron chi connectivity index (χ0n) is 12.3. The maximum Gasteiger partial charge on any atom is 0.273 e. The van der Waals surface area contributed by atoms with E-state index in [0.717, 1.165) is 5.56 Å². The van der Waals surface area contributed by atoms with Gasteiger partial charge >= 0.3 is 0 Å². The third kappa shape index (κ3) is 3.37. The topological polar surface area (TPSA) is 67.0 Å². The van der Waals surface area contributed by atoms with Gasteiger partial charge in [-0.05, 0) is 42.5 Å². The zero-order chi connectivity index (χ0) is 16.2. The number of rotatable bonds is 4. The van der Waals surface area contributed by atoms with Gasteiger partial charge in [0.2, 0.25) is 0 Å². The van der Waals surface area contributed by atoms with Crippen molar-refractivity contribution < 1.29 is 13.9 Å². The normalized spacial score (nSPS) is 10.3. The van der Waals surface area contributed by atoms with Crippen LogP contribution in [0, 0.1) is 5.82 Å². The fourth-order valence-corrected chi connectivity index (χ4v) is 2.11. The third-order valence-electron chi connectivity index (χ3n) is 3.29. The molecule has 0 spiro atoms. The van der Waals surface area contributed by atoms with Gasteiger partial charge in [0.25, 0.3) is 5.91 Å². The Bertz CT molecular complexity index is 828. The molecule has 1 aromatic heterocycles. The first kappa shape index (κ1) is 14.8. The summed E-state index contributed by atoms with van der Waals surface area (Å²) in [5.41, 5.74) is 2.23. The van der Waals surface area contributed by atoms with Crippen molar-refractivity contribution in [2.45, 2.75) is 0 Å². The molecule has 5 nitrogen and oxygen atoms in total. The predicted octanol–water partition coefficient (Wildman–Crippen LogP) is 3.48. The molecule has 23 heavy (non-hydrogen) atoms. The standard InChI is InChI=1S/C17H14FN3O2/c1-23-14-4-2-3-13(9-14)19-17(22)16-10-15(20-21-16)11-5-7-12(18)8-6-11/h2-10H,1H3,(H,19,22)(H,20,21). The van der Waals surface area contributed by atoms with Crippen LogP contribution in [0.5, 0.6) is 5.75 Å². The van der Waals surface area contributed by atoms with Crippen molar-refractivity contribution >= 4 is 11.6 Å². The van der Waals surface area contributed by atoms with Crippen LogP contribution in [-0.4, -0.2) is 23.2 Å². The molecule has 0 aliphatic carbocycles. The van der Waals surface area contributed by atoms with Crippen LogP contribution in [0.15, 0.2) is 54.6 Å². The first-order chi connectivity index (χ1) is 11.2. The minimum Gasteiger partial charge on any atom is -0.497 e. The van der Waals surface area contributed by atoms with E-state index in [1.807, 2.05) is 0 Å². The van der Waals surface area contributed by atoms with Gasteiger partial charge in [-0.15, -0.1) is 0 Å². The van der Waals surface area contributed by atoms with Gasteiger partial charge in [0, 0.05) is 17.3 Å². The second-order valence-electron chi connectivity index (χ2n) is 4.86. The molecule has 2 N–H and O–H groups in total. The lowest BCUT2D eigenvalue weighted by Gasteiger charge is -2.05. The van der Waals surface area contributed by atoms with Crippen molar-refractivity contribution in [2.24, 2.45) is 0 Å². The lowest BCUT2D eigenvalue weighted by Crippen LogP contribution is -2.12. The summed E-state index contributed by atoms with van der Waals surface area (Å²) in [4.78, 5) is 12.2. The van der Waals surface area contributed by atoms with Crippen molar-refractivity contribution in [1.29, 1.82) is 0 Å². The minimum atomic E-state index is -0.320. The Morgan fingerprint density at radius 3 is 2.70 bits per heavy atom. The number of aromatic amines is 1. The number of anilines is 1. The number of aromatic nitrogens is 2. The molecule has 116 valence electrons. The molecule has 0 fully saturated rings. The number of H-pyrrole nitrogens is 1. The SMILES string of the molecule is COc1cccc(NC(=O)c2cc(-c3ccc(F)cc3)n[nH]2)c1. The number of nitrogens with zero attached hydrogens (tertiary/aromatic N) is 1. The molecule has 0 unspecified atom stereocenters. The van der Waals surface area contributed by atoms with E-state index >= 15 is 0 Å². The maximum absolute atomic E-state index is 12.9. The molecule has 0 bridgehead atoms. The van der Waals surface area contributed by atoms with Crippen LogP contribution in [-0.2, 0) is 0 Å². The van der Waals surface area contributed by atoms with Gasteiger partial charge in [-0.2, -0.15) is 5.10 Å². The number of carbonyl (C=O) groups excluding carboxylic acids is 1. The number of carbonyl (C=O) groups is 1. The number of hydrogen-bond donors (Lipinski definition) is 2. The summed E-state index contributed by atoms with van der Waals surface area (Å²) in [5.74, 6) is 0.0128. The highest BCUT2D eigenvalue weighted by molar-refractivity contribution is 6.03. The van der Waals surface area contributed by atoms with E-state index in [1.165, 1.54) is 12.1 Å². The lowest BCUT2D eigenvalue weighted by molar-refractivity contribution is 0.102. The van der Waals surface area contributed by atoms with Crippen LogP contribution in [0.2, 0.25) is 0 Å². The van der Waals surface area contributed by atoms with Gasteiger partial charge in [-0.25, -0.2) is 4.39 Å². The van der Waals surface area contributed by atoms with E-state index in [2.05, 4.69) is 15.5 Å². The quantitative estimate of drug-likeness (QED) is 0.775. The minimum absolute atomic E-state index is 0.312. The number of ether oxygens (including phenoxy) is 1. The summed E-state index contributed by atoms with van der Waals surface area (Å²) in [5, 5.41) is 9.52. The molecule has 0 atom stereocenters. The summed E-state index contributed by atoms with van der Waals surface area (Å²) in [6.07, 6.45) is 0. The van der Waals surface area contributed by atoms with Crippen molar-refractivity contribution in [1.82, 2.24) is 10.2 Å². The lowest BCUT2D eigenvalue weighted by atomic mass is 10.1. The average Bonchev–Trinajstić information content (AvgIpc) is 3.06. The highest BCUT2D eigenvalue weighted by Gasteiger charge is 2.11. The molecule has 6 heteroatoms. The van der Waals surface area contributed by atoms with Gasteiger partial charge in [0.15, 0.2) is 0 Å². The highest BCUT2D eigenvalue weighted by atomic mass is 19.1. The first-order valence-corrected chi connectivity index (χ1v) is 6.92. The second kappa shape index (κ2) is 6.31. The zero-order valence-corrected chi connectivity index (χ0v) is 12.3. The highest BCUT2D eigenvalue weighted by Crippen LogP contribution is 2.20. The molecule has 3 rings (SSSR count). The second-order valence-corrected chi connectivity index (χ2v) is 4.86. The summed E-state index contributed by atoms with van der Waals surface area (Å²) in [7, 11) is 1.56. The molecule has 1 heterocycles. The number of benzene rings is 2. The molecule has 2 aromatic carbocycles. The fourth-order valence-electron chi connectivity index (χ4n) is 2.11. The Labute approximate surface area is 132 Å². The average molecular weight is 311 g/mol. The van der Waals surface area contributed by atoms with E-state index in [9.17, 15) is 9.18 Å². The van der Waals surface area contributed by atoms with Gasteiger partial charge in [0.1, 0.15) is 17.3 Å². The van der Waals surface area contributed by atoms with Crippen LogP contribution in [0.3, 0.4) is 0 Å².